The summed E-state index contributed by atoms with van der Waals surface area (Å²) in [5, 5.41) is 3.10. The molecular formula is C13H21N3O. The minimum Gasteiger partial charge on any atom is -0.432 e. The molecule has 1 N–H and O–H groups in total. The molecule has 94 valence electrons. The molecule has 1 aliphatic carbocycles. The van der Waals surface area contributed by atoms with Gasteiger partial charge in [0, 0.05) is 19.1 Å². The van der Waals surface area contributed by atoms with Crippen molar-refractivity contribution in [1.82, 2.24) is 10.3 Å². The molecule has 0 bridgehead atoms. The van der Waals surface area contributed by atoms with Gasteiger partial charge in [-0.1, -0.05) is 12.8 Å². The van der Waals surface area contributed by atoms with E-state index in [1.54, 1.807) is 6.26 Å². The van der Waals surface area contributed by atoms with Gasteiger partial charge in [-0.05, 0) is 32.2 Å². The van der Waals surface area contributed by atoms with Gasteiger partial charge in [-0.3, -0.25) is 0 Å². The second-order valence-corrected chi connectivity index (χ2v) is 5.25. The van der Waals surface area contributed by atoms with Crippen LogP contribution in [0.1, 0.15) is 37.8 Å². The maximum atomic E-state index is 5.62. The Kier molecular flexibility index (Phi) is 3.05. The van der Waals surface area contributed by atoms with E-state index in [9.17, 15) is 0 Å². The van der Waals surface area contributed by atoms with E-state index >= 15 is 0 Å². The quantitative estimate of drug-likeness (QED) is 0.871. The third kappa shape index (κ3) is 2.06. The molecule has 17 heavy (non-hydrogen) atoms. The van der Waals surface area contributed by atoms with Crippen LogP contribution in [-0.2, 0) is 6.54 Å². The molecule has 0 aromatic carbocycles. The highest BCUT2D eigenvalue weighted by Crippen LogP contribution is 2.38. The Labute approximate surface area is 102 Å². The largest absolute Gasteiger partial charge is 0.432 e. The van der Waals surface area contributed by atoms with Crippen LogP contribution in [0.5, 0.6) is 0 Å². The smallest absolute Gasteiger partial charge is 0.297 e. The molecule has 2 aliphatic rings. The van der Waals surface area contributed by atoms with Gasteiger partial charge in [0.25, 0.3) is 6.01 Å². The minimum atomic E-state index is 0.685. The number of nitrogens with one attached hydrogen (secondary N) is 1. The summed E-state index contributed by atoms with van der Waals surface area (Å²) >= 11 is 0. The first-order valence-corrected chi connectivity index (χ1v) is 6.74. The Bertz CT molecular complexity index is 376. The second-order valence-electron chi connectivity index (χ2n) is 5.25. The molecule has 1 saturated carbocycles. The van der Waals surface area contributed by atoms with E-state index in [-0.39, 0.29) is 0 Å². The zero-order chi connectivity index (χ0) is 11.7. The normalized spacial score (nSPS) is 28.4. The lowest BCUT2D eigenvalue weighted by Crippen LogP contribution is -2.34. The number of hydrogen-bond donors (Lipinski definition) is 1. The van der Waals surface area contributed by atoms with E-state index in [0.29, 0.717) is 6.04 Å². The number of hydrogen-bond acceptors (Lipinski definition) is 4. The molecule has 3 rings (SSSR count). The van der Waals surface area contributed by atoms with Gasteiger partial charge in [0.2, 0.25) is 0 Å². The van der Waals surface area contributed by atoms with Gasteiger partial charge in [0.05, 0.1) is 5.69 Å². The third-order valence-electron chi connectivity index (χ3n) is 4.15. The third-order valence-corrected chi connectivity index (χ3v) is 4.15. The lowest BCUT2D eigenvalue weighted by Gasteiger charge is -2.30. The zero-order valence-corrected chi connectivity index (χ0v) is 10.5. The molecule has 0 amide bonds. The van der Waals surface area contributed by atoms with Crippen LogP contribution in [0.15, 0.2) is 10.7 Å². The summed E-state index contributed by atoms with van der Waals surface area (Å²) < 4.78 is 5.62. The Balaban J connectivity index is 1.74. The summed E-state index contributed by atoms with van der Waals surface area (Å²) in [5.41, 5.74) is 1.00. The Morgan fingerprint density at radius 1 is 1.41 bits per heavy atom. The molecular weight excluding hydrogens is 214 g/mol. The highest BCUT2D eigenvalue weighted by molar-refractivity contribution is 5.32. The van der Waals surface area contributed by atoms with Gasteiger partial charge < -0.3 is 14.6 Å². The Morgan fingerprint density at radius 3 is 3.18 bits per heavy atom. The van der Waals surface area contributed by atoms with Crippen molar-refractivity contribution in [2.75, 3.05) is 18.5 Å². The van der Waals surface area contributed by atoms with Crippen LogP contribution in [0.2, 0.25) is 0 Å². The number of nitrogens with zero attached hydrogens (tertiary/aromatic N) is 2. The Morgan fingerprint density at radius 2 is 2.29 bits per heavy atom. The maximum Gasteiger partial charge on any atom is 0.297 e. The van der Waals surface area contributed by atoms with E-state index in [4.69, 9.17) is 4.42 Å². The van der Waals surface area contributed by atoms with Crippen molar-refractivity contribution in [3.05, 3.63) is 12.0 Å². The molecule has 0 spiro atoms. The van der Waals surface area contributed by atoms with Crippen LogP contribution in [-0.4, -0.2) is 24.6 Å². The van der Waals surface area contributed by atoms with E-state index < -0.39 is 0 Å². The summed E-state index contributed by atoms with van der Waals surface area (Å²) in [6.07, 6.45) is 8.57. The lowest BCUT2D eigenvalue weighted by molar-refractivity contribution is 0.335. The summed E-state index contributed by atoms with van der Waals surface area (Å²) in [7, 11) is 1.93. The molecule has 0 radical (unpaired) electrons. The fourth-order valence-corrected chi connectivity index (χ4v) is 3.33. The highest BCUT2D eigenvalue weighted by Gasteiger charge is 2.37. The van der Waals surface area contributed by atoms with Gasteiger partial charge in [-0.25, -0.2) is 0 Å². The molecule has 1 aliphatic heterocycles. The SMILES string of the molecule is CNCc1coc(N2CCC3CCCCC32)n1. The number of anilines is 1. The van der Waals surface area contributed by atoms with Crippen LogP contribution < -0.4 is 10.2 Å². The zero-order valence-electron chi connectivity index (χ0n) is 10.5. The molecule has 4 nitrogen and oxygen atoms in total. The minimum absolute atomic E-state index is 0.685. The van der Waals surface area contributed by atoms with Crippen LogP contribution in [0.3, 0.4) is 0 Å². The average molecular weight is 235 g/mol. The second kappa shape index (κ2) is 4.69. The van der Waals surface area contributed by atoms with Gasteiger partial charge in [-0.15, -0.1) is 0 Å². The summed E-state index contributed by atoms with van der Waals surface area (Å²) in [6, 6.07) is 1.52. The average Bonchev–Trinajstić information content (AvgIpc) is 2.95. The number of aromatic nitrogens is 1. The molecule has 2 heterocycles. The molecule has 2 unspecified atom stereocenters. The molecule has 1 saturated heterocycles. The van der Waals surface area contributed by atoms with Crippen molar-refractivity contribution in [3.63, 3.8) is 0 Å². The Hall–Kier alpha value is -1.03. The summed E-state index contributed by atoms with van der Waals surface area (Å²) in [5.74, 6) is 0.878. The van der Waals surface area contributed by atoms with Crippen LogP contribution >= 0.6 is 0 Å². The molecule has 1 aromatic rings. The fraction of sp³-hybridized carbons (Fsp3) is 0.769. The summed E-state index contributed by atoms with van der Waals surface area (Å²) in [4.78, 5) is 6.96. The maximum absolute atomic E-state index is 5.62. The van der Waals surface area contributed by atoms with Crippen molar-refractivity contribution in [2.45, 2.75) is 44.7 Å². The van der Waals surface area contributed by atoms with Crippen LogP contribution in [0, 0.1) is 5.92 Å². The number of rotatable bonds is 3. The van der Waals surface area contributed by atoms with Crippen LogP contribution in [0.4, 0.5) is 6.01 Å². The summed E-state index contributed by atoms with van der Waals surface area (Å²) in [6.45, 7) is 1.90. The standard InChI is InChI=1S/C13H21N3O/c1-14-8-11-9-17-13(15-11)16-7-6-10-4-2-3-5-12(10)16/h9-10,12,14H,2-8H2,1H3. The number of oxazole rings is 1. The van der Waals surface area contributed by atoms with Crippen molar-refractivity contribution in [3.8, 4) is 0 Å². The van der Waals surface area contributed by atoms with E-state index in [1.807, 2.05) is 7.05 Å². The lowest BCUT2D eigenvalue weighted by atomic mass is 9.85. The fourth-order valence-electron chi connectivity index (χ4n) is 3.33. The van der Waals surface area contributed by atoms with E-state index in [1.165, 1.54) is 32.1 Å². The van der Waals surface area contributed by atoms with Gasteiger partial charge in [0.15, 0.2) is 0 Å². The molecule has 2 fully saturated rings. The van der Waals surface area contributed by atoms with Crippen molar-refractivity contribution in [1.29, 1.82) is 0 Å². The van der Waals surface area contributed by atoms with Gasteiger partial charge >= 0.3 is 0 Å². The predicted molar refractivity (Wildman–Crippen MR) is 67.0 cm³/mol. The monoisotopic (exact) mass is 235 g/mol. The van der Waals surface area contributed by atoms with E-state index in [0.717, 1.165) is 30.7 Å². The molecule has 2 atom stereocenters. The van der Waals surface area contributed by atoms with E-state index in [2.05, 4.69) is 15.2 Å². The van der Waals surface area contributed by atoms with Gasteiger partial charge in [-0.2, -0.15) is 4.98 Å². The van der Waals surface area contributed by atoms with Crippen molar-refractivity contribution >= 4 is 6.01 Å². The number of fused-ring (bicyclic) bond motifs is 1. The first kappa shape index (κ1) is 11.1. The van der Waals surface area contributed by atoms with Crippen LogP contribution in [0.25, 0.3) is 0 Å². The molecule has 4 heteroatoms. The predicted octanol–water partition coefficient (Wildman–Crippen LogP) is 2.16. The highest BCUT2D eigenvalue weighted by atomic mass is 16.4. The van der Waals surface area contributed by atoms with Gasteiger partial charge in [0.1, 0.15) is 6.26 Å². The first-order valence-electron chi connectivity index (χ1n) is 6.74. The van der Waals surface area contributed by atoms with Crippen molar-refractivity contribution in [2.24, 2.45) is 5.92 Å². The molecule has 1 aromatic heterocycles. The topological polar surface area (TPSA) is 41.3 Å². The first-order chi connectivity index (χ1) is 8.38. The van der Waals surface area contributed by atoms with Crippen molar-refractivity contribution < 1.29 is 4.42 Å².